The minimum Gasteiger partial charge on any atom is -0.495 e. The van der Waals surface area contributed by atoms with E-state index in [1.54, 1.807) is 25.3 Å². The number of benzene rings is 1. The van der Waals surface area contributed by atoms with E-state index in [-0.39, 0.29) is 0 Å². The first-order valence-corrected chi connectivity index (χ1v) is 5.94. The maximum atomic E-state index is 13.1. The first kappa shape index (κ1) is 12.3. The Morgan fingerprint density at radius 3 is 2.76 bits per heavy atom. The van der Waals surface area contributed by atoms with E-state index in [0.29, 0.717) is 21.9 Å². The van der Waals surface area contributed by atoms with E-state index in [1.807, 2.05) is 0 Å². The van der Waals surface area contributed by atoms with Gasteiger partial charge < -0.3 is 4.74 Å². The van der Waals surface area contributed by atoms with E-state index >= 15 is 0 Å². The molecule has 1 heterocycles. The number of methoxy groups -OCH3 is 1. The second-order valence-electron chi connectivity index (χ2n) is 3.34. The zero-order valence-electron chi connectivity index (χ0n) is 8.88. The van der Waals surface area contributed by atoms with Crippen LogP contribution in [0.3, 0.4) is 0 Å². The van der Waals surface area contributed by atoms with Crippen LogP contribution in [0, 0.1) is 5.95 Å². The minimum atomic E-state index is -0.541. The van der Waals surface area contributed by atoms with Gasteiger partial charge in [-0.1, -0.05) is 11.6 Å². The van der Waals surface area contributed by atoms with Gasteiger partial charge in [-0.25, -0.2) is 4.98 Å². The zero-order valence-corrected chi connectivity index (χ0v) is 11.2. The van der Waals surface area contributed by atoms with Crippen LogP contribution in [-0.2, 0) is 0 Å². The monoisotopic (exact) mass is 315 g/mol. The molecule has 88 valence electrons. The lowest BCUT2D eigenvalue weighted by atomic mass is 10.1. The fourth-order valence-electron chi connectivity index (χ4n) is 1.55. The Morgan fingerprint density at radius 2 is 2.12 bits per heavy atom. The number of ether oxygens (including phenoxy) is 1. The van der Waals surface area contributed by atoms with Crippen LogP contribution < -0.4 is 4.74 Å². The van der Waals surface area contributed by atoms with Crippen LogP contribution in [0.25, 0.3) is 11.1 Å². The molecule has 1 aromatic carbocycles. The van der Waals surface area contributed by atoms with Crippen molar-refractivity contribution >= 4 is 27.5 Å². The average Bonchev–Trinajstić information content (AvgIpc) is 2.28. The number of aromatic nitrogens is 1. The molecular formula is C12H8BrClFNO. The Hall–Kier alpha value is -1.13. The van der Waals surface area contributed by atoms with Gasteiger partial charge in [-0.15, -0.1) is 0 Å². The molecule has 17 heavy (non-hydrogen) atoms. The lowest BCUT2D eigenvalue weighted by Gasteiger charge is -2.11. The Kier molecular flexibility index (Phi) is 3.64. The summed E-state index contributed by atoms with van der Waals surface area (Å²) in [6.07, 6.45) is 1.40. The van der Waals surface area contributed by atoms with Crippen molar-refractivity contribution in [3.63, 3.8) is 0 Å². The van der Waals surface area contributed by atoms with Crippen LogP contribution >= 0.6 is 27.5 Å². The molecular weight excluding hydrogens is 308 g/mol. The smallest absolute Gasteiger partial charge is 0.213 e. The van der Waals surface area contributed by atoms with E-state index in [2.05, 4.69) is 20.9 Å². The number of halogens is 3. The maximum absolute atomic E-state index is 13.1. The van der Waals surface area contributed by atoms with E-state index in [1.165, 1.54) is 12.3 Å². The van der Waals surface area contributed by atoms with Crippen molar-refractivity contribution in [2.45, 2.75) is 0 Å². The van der Waals surface area contributed by atoms with E-state index in [9.17, 15) is 4.39 Å². The zero-order chi connectivity index (χ0) is 12.4. The minimum absolute atomic E-state index is 0.541. The molecule has 0 aliphatic heterocycles. The molecule has 0 radical (unpaired) electrons. The third-order valence-electron chi connectivity index (χ3n) is 2.25. The molecule has 0 unspecified atom stereocenters. The van der Waals surface area contributed by atoms with E-state index < -0.39 is 5.95 Å². The van der Waals surface area contributed by atoms with Crippen molar-refractivity contribution < 1.29 is 9.13 Å². The summed E-state index contributed by atoms with van der Waals surface area (Å²) in [5.74, 6) is 0.0700. The Bertz CT molecular complexity index is 562. The van der Waals surface area contributed by atoms with Crippen molar-refractivity contribution in [1.29, 1.82) is 0 Å². The number of hydrogen-bond acceptors (Lipinski definition) is 2. The van der Waals surface area contributed by atoms with Gasteiger partial charge in [-0.3, -0.25) is 0 Å². The van der Waals surface area contributed by atoms with Crippen molar-refractivity contribution in [1.82, 2.24) is 4.98 Å². The highest BCUT2D eigenvalue weighted by Gasteiger charge is 2.12. The topological polar surface area (TPSA) is 22.1 Å². The lowest BCUT2D eigenvalue weighted by molar-refractivity contribution is 0.414. The maximum Gasteiger partial charge on any atom is 0.213 e. The van der Waals surface area contributed by atoms with Gasteiger partial charge in [0, 0.05) is 22.8 Å². The van der Waals surface area contributed by atoms with Crippen molar-refractivity contribution in [2.24, 2.45) is 0 Å². The van der Waals surface area contributed by atoms with Gasteiger partial charge in [0.2, 0.25) is 5.95 Å². The molecule has 0 amide bonds. The van der Waals surface area contributed by atoms with Crippen molar-refractivity contribution in [3.8, 4) is 16.9 Å². The highest BCUT2D eigenvalue weighted by molar-refractivity contribution is 9.10. The normalized spacial score (nSPS) is 10.4. The Morgan fingerprint density at radius 1 is 1.35 bits per heavy atom. The third-order valence-corrected chi connectivity index (χ3v) is 3.06. The van der Waals surface area contributed by atoms with Gasteiger partial charge in [0.15, 0.2) is 0 Å². The van der Waals surface area contributed by atoms with Gasteiger partial charge >= 0.3 is 0 Å². The average molecular weight is 317 g/mol. The molecule has 2 aromatic rings. The summed E-state index contributed by atoms with van der Waals surface area (Å²) >= 11 is 9.33. The molecule has 0 atom stereocenters. The third kappa shape index (κ3) is 2.58. The quantitative estimate of drug-likeness (QED) is 0.770. The van der Waals surface area contributed by atoms with Gasteiger partial charge in [0.05, 0.1) is 11.6 Å². The Balaban J connectivity index is 2.65. The molecule has 2 rings (SSSR count). The summed E-state index contributed by atoms with van der Waals surface area (Å²) in [7, 11) is 1.55. The second-order valence-corrected chi connectivity index (χ2v) is 4.63. The SMILES string of the molecule is COc1c(Br)cc(Cl)cc1-c1ccnc(F)c1. The van der Waals surface area contributed by atoms with Crippen molar-refractivity contribution in [3.05, 3.63) is 45.9 Å². The van der Waals surface area contributed by atoms with Crippen LogP contribution in [0.15, 0.2) is 34.9 Å². The summed E-state index contributed by atoms with van der Waals surface area (Å²) < 4.78 is 19.1. The molecule has 5 heteroatoms. The molecule has 0 saturated heterocycles. The van der Waals surface area contributed by atoms with Gasteiger partial charge in [0.25, 0.3) is 0 Å². The first-order valence-electron chi connectivity index (χ1n) is 4.77. The molecule has 0 aliphatic rings. The van der Waals surface area contributed by atoms with Gasteiger partial charge in [-0.2, -0.15) is 4.39 Å². The summed E-state index contributed by atoms with van der Waals surface area (Å²) in [6, 6.07) is 6.48. The number of rotatable bonds is 2. The highest BCUT2D eigenvalue weighted by atomic mass is 79.9. The molecule has 0 bridgehead atoms. The van der Waals surface area contributed by atoms with E-state index in [0.717, 1.165) is 4.47 Å². The van der Waals surface area contributed by atoms with Crippen LogP contribution in [0.2, 0.25) is 5.02 Å². The Labute approximate surface area is 112 Å². The number of hydrogen-bond donors (Lipinski definition) is 0. The van der Waals surface area contributed by atoms with Crippen LogP contribution in [0.1, 0.15) is 0 Å². The molecule has 0 spiro atoms. The van der Waals surface area contributed by atoms with Crippen LogP contribution in [0.4, 0.5) is 4.39 Å². The summed E-state index contributed by atoms with van der Waals surface area (Å²) in [6.45, 7) is 0. The molecule has 0 aliphatic carbocycles. The standard InChI is InChI=1S/C12H8BrClFNO/c1-17-12-9(5-8(14)6-10(12)13)7-2-3-16-11(15)4-7/h2-6H,1H3. The van der Waals surface area contributed by atoms with Gasteiger partial charge in [0.1, 0.15) is 5.75 Å². The summed E-state index contributed by atoms with van der Waals surface area (Å²) in [5.41, 5.74) is 1.38. The summed E-state index contributed by atoms with van der Waals surface area (Å²) in [4.78, 5) is 3.51. The fraction of sp³-hybridized carbons (Fsp3) is 0.0833. The molecule has 2 nitrogen and oxygen atoms in total. The number of pyridine rings is 1. The predicted octanol–water partition coefficient (Wildman–Crippen LogP) is 4.31. The highest BCUT2D eigenvalue weighted by Crippen LogP contribution is 2.38. The fourth-order valence-corrected chi connectivity index (χ4v) is 2.52. The van der Waals surface area contributed by atoms with Crippen LogP contribution in [0.5, 0.6) is 5.75 Å². The predicted molar refractivity (Wildman–Crippen MR) is 68.9 cm³/mol. The lowest BCUT2D eigenvalue weighted by Crippen LogP contribution is -1.91. The van der Waals surface area contributed by atoms with Crippen molar-refractivity contribution in [2.75, 3.05) is 7.11 Å². The number of nitrogens with zero attached hydrogens (tertiary/aromatic N) is 1. The molecule has 0 N–H and O–H groups in total. The largest absolute Gasteiger partial charge is 0.495 e. The molecule has 1 aromatic heterocycles. The molecule has 0 saturated carbocycles. The summed E-state index contributed by atoms with van der Waals surface area (Å²) in [5, 5.41) is 0.546. The first-order chi connectivity index (χ1) is 8.11. The molecule has 0 fully saturated rings. The van der Waals surface area contributed by atoms with Crippen LogP contribution in [-0.4, -0.2) is 12.1 Å². The van der Waals surface area contributed by atoms with E-state index in [4.69, 9.17) is 16.3 Å². The second kappa shape index (κ2) is 5.02. The van der Waals surface area contributed by atoms with Gasteiger partial charge in [-0.05, 0) is 39.7 Å².